The summed E-state index contributed by atoms with van der Waals surface area (Å²) < 4.78 is 1.40. The van der Waals surface area contributed by atoms with E-state index < -0.39 is 6.04 Å². The van der Waals surface area contributed by atoms with Gasteiger partial charge in [0.25, 0.3) is 11.1 Å². The molecule has 4 rings (SSSR count). The fraction of sp³-hybridized carbons (Fsp3) is 0.400. The zero-order chi connectivity index (χ0) is 19.0. The van der Waals surface area contributed by atoms with Gasteiger partial charge in [-0.15, -0.1) is 0 Å². The van der Waals surface area contributed by atoms with E-state index in [9.17, 15) is 9.59 Å². The average Bonchev–Trinajstić information content (AvgIpc) is 2.67. The highest BCUT2D eigenvalue weighted by molar-refractivity contribution is 5.80. The first kappa shape index (κ1) is 17.5. The van der Waals surface area contributed by atoms with Crippen molar-refractivity contribution < 1.29 is 0 Å². The first-order valence-corrected chi connectivity index (χ1v) is 9.35. The highest BCUT2D eigenvalue weighted by Crippen LogP contribution is 2.21. The highest BCUT2D eigenvalue weighted by atomic mass is 16.1. The van der Waals surface area contributed by atoms with Crippen LogP contribution in [0, 0.1) is 5.92 Å². The van der Waals surface area contributed by atoms with Crippen molar-refractivity contribution in [1.29, 1.82) is 0 Å². The summed E-state index contributed by atoms with van der Waals surface area (Å²) in [6, 6.07) is 8.37. The van der Waals surface area contributed by atoms with Gasteiger partial charge in [0.2, 0.25) is 5.95 Å². The Kier molecular flexibility index (Phi) is 4.51. The van der Waals surface area contributed by atoms with E-state index in [2.05, 4.69) is 26.9 Å². The van der Waals surface area contributed by atoms with Crippen LogP contribution in [-0.4, -0.2) is 32.8 Å². The summed E-state index contributed by atoms with van der Waals surface area (Å²) >= 11 is 0. The second kappa shape index (κ2) is 6.98. The quantitative estimate of drug-likeness (QED) is 0.770. The molecule has 0 radical (unpaired) electrons. The van der Waals surface area contributed by atoms with Crippen molar-refractivity contribution in [2.45, 2.75) is 32.7 Å². The Morgan fingerprint density at radius 1 is 1.26 bits per heavy atom. The van der Waals surface area contributed by atoms with Gasteiger partial charge < -0.3 is 4.90 Å². The van der Waals surface area contributed by atoms with Gasteiger partial charge in [0, 0.05) is 24.5 Å². The van der Waals surface area contributed by atoms with Gasteiger partial charge >= 0.3 is 0 Å². The van der Waals surface area contributed by atoms with Crippen LogP contribution >= 0.6 is 0 Å². The predicted molar refractivity (Wildman–Crippen MR) is 105 cm³/mol. The van der Waals surface area contributed by atoms with Crippen molar-refractivity contribution in [3.63, 3.8) is 0 Å². The largest absolute Gasteiger partial charge is 0.342 e. The lowest BCUT2D eigenvalue weighted by molar-refractivity contribution is 0.440. The average molecular weight is 365 g/mol. The molecule has 0 amide bonds. The van der Waals surface area contributed by atoms with E-state index >= 15 is 0 Å². The molecule has 7 heteroatoms. The molecule has 3 heterocycles. The van der Waals surface area contributed by atoms with Crippen LogP contribution in [0.5, 0.6) is 0 Å². The molecule has 27 heavy (non-hydrogen) atoms. The molecule has 1 aliphatic heterocycles. The van der Waals surface area contributed by atoms with Crippen molar-refractivity contribution in [3.8, 4) is 0 Å². The number of benzene rings is 1. The topological polar surface area (TPSA) is 83.9 Å². The Balaban J connectivity index is 1.74. The minimum Gasteiger partial charge on any atom is -0.342 e. The lowest BCUT2D eigenvalue weighted by atomic mass is 10.0. The number of fused-ring (bicyclic) bond motifs is 1. The normalized spacial score (nSPS) is 18.6. The van der Waals surface area contributed by atoms with Gasteiger partial charge in [-0.3, -0.25) is 14.6 Å². The van der Waals surface area contributed by atoms with Crippen LogP contribution in [0.2, 0.25) is 0 Å². The van der Waals surface area contributed by atoms with Crippen molar-refractivity contribution in [1.82, 2.24) is 19.7 Å². The van der Waals surface area contributed by atoms with E-state index in [0.717, 1.165) is 24.9 Å². The van der Waals surface area contributed by atoms with Gasteiger partial charge in [-0.1, -0.05) is 25.1 Å². The summed E-state index contributed by atoms with van der Waals surface area (Å²) in [4.78, 5) is 34.7. The SMILES string of the molecule is C[C@H]1CCCN(c2nc([C@@H](C)n3ncc4ccccc4c3=O)cc(=O)[nH]2)C1. The van der Waals surface area contributed by atoms with Gasteiger partial charge in [0.05, 0.1) is 23.3 Å². The lowest BCUT2D eigenvalue weighted by Crippen LogP contribution is -2.37. The van der Waals surface area contributed by atoms with Crippen LogP contribution in [0.25, 0.3) is 10.8 Å². The molecule has 2 aromatic heterocycles. The number of hydrogen-bond acceptors (Lipinski definition) is 5. The van der Waals surface area contributed by atoms with Crippen LogP contribution in [0.15, 0.2) is 46.1 Å². The molecule has 0 spiro atoms. The summed E-state index contributed by atoms with van der Waals surface area (Å²) in [6.45, 7) is 5.79. The van der Waals surface area contributed by atoms with E-state index in [4.69, 9.17) is 0 Å². The maximum Gasteiger partial charge on any atom is 0.275 e. The van der Waals surface area contributed by atoms with Crippen LogP contribution < -0.4 is 16.0 Å². The molecule has 0 unspecified atom stereocenters. The van der Waals surface area contributed by atoms with Crippen LogP contribution in [0.1, 0.15) is 38.4 Å². The maximum absolute atomic E-state index is 12.8. The molecular formula is C20H23N5O2. The highest BCUT2D eigenvalue weighted by Gasteiger charge is 2.21. The van der Waals surface area contributed by atoms with Gasteiger partial charge in [0.15, 0.2) is 0 Å². The molecule has 1 saturated heterocycles. The molecule has 140 valence electrons. The standard InChI is InChI=1S/C20H23N5O2/c1-13-6-5-9-24(12-13)20-22-17(10-18(26)23-20)14(2)25-19(27)16-8-4-3-7-15(16)11-21-25/h3-4,7-8,10-11,13-14H,5-6,9,12H2,1-2H3,(H,22,23,26)/t13-,14+/m0/s1. The summed E-state index contributed by atoms with van der Waals surface area (Å²) in [5.74, 6) is 1.14. The second-order valence-electron chi connectivity index (χ2n) is 7.34. The van der Waals surface area contributed by atoms with Crippen molar-refractivity contribution >= 4 is 16.7 Å². The molecule has 0 saturated carbocycles. The fourth-order valence-corrected chi connectivity index (χ4v) is 3.71. The van der Waals surface area contributed by atoms with Crippen molar-refractivity contribution in [2.24, 2.45) is 5.92 Å². The summed E-state index contributed by atoms with van der Waals surface area (Å²) in [5.41, 5.74) is 0.140. The van der Waals surface area contributed by atoms with E-state index in [-0.39, 0.29) is 11.1 Å². The van der Waals surface area contributed by atoms with Gasteiger partial charge in [-0.05, 0) is 31.7 Å². The van der Waals surface area contributed by atoms with Gasteiger partial charge in [-0.25, -0.2) is 9.67 Å². The Bertz CT molecular complexity index is 1090. The molecular weight excluding hydrogens is 342 g/mol. The number of nitrogens with one attached hydrogen (secondary N) is 1. The summed E-state index contributed by atoms with van der Waals surface area (Å²) in [5, 5.41) is 5.71. The third kappa shape index (κ3) is 3.37. The van der Waals surface area contributed by atoms with E-state index in [1.165, 1.54) is 17.2 Å². The monoisotopic (exact) mass is 365 g/mol. The van der Waals surface area contributed by atoms with Crippen molar-refractivity contribution in [3.05, 3.63) is 62.9 Å². The molecule has 0 bridgehead atoms. The molecule has 7 nitrogen and oxygen atoms in total. The predicted octanol–water partition coefficient (Wildman–Crippen LogP) is 2.33. The van der Waals surface area contributed by atoms with Crippen LogP contribution in [0.4, 0.5) is 5.95 Å². The maximum atomic E-state index is 12.8. The van der Waals surface area contributed by atoms with Crippen LogP contribution in [-0.2, 0) is 0 Å². The number of aromatic nitrogens is 4. The zero-order valence-corrected chi connectivity index (χ0v) is 15.6. The van der Waals surface area contributed by atoms with E-state index in [1.807, 2.05) is 25.1 Å². The zero-order valence-electron chi connectivity index (χ0n) is 15.6. The molecule has 3 aromatic rings. The minimum atomic E-state index is -0.439. The summed E-state index contributed by atoms with van der Waals surface area (Å²) in [7, 11) is 0. The van der Waals surface area contributed by atoms with Gasteiger partial charge in [0.1, 0.15) is 0 Å². The molecule has 2 atom stereocenters. The number of rotatable bonds is 3. The molecule has 0 aliphatic carbocycles. The van der Waals surface area contributed by atoms with E-state index in [0.29, 0.717) is 22.9 Å². The molecule has 1 fully saturated rings. The lowest BCUT2D eigenvalue weighted by Gasteiger charge is -2.31. The first-order chi connectivity index (χ1) is 13.0. The number of anilines is 1. The molecule has 1 aliphatic rings. The van der Waals surface area contributed by atoms with E-state index in [1.54, 1.807) is 12.3 Å². The van der Waals surface area contributed by atoms with Gasteiger partial charge in [-0.2, -0.15) is 5.10 Å². The number of hydrogen-bond donors (Lipinski definition) is 1. The third-order valence-electron chi connectivity index (χ3n) is 5.22. The number of aromatic amines is 1. The minimum absolute atomic E-state index is 0.184. The number of nitrogens with zero attached hydrogens (tertiary/aromatic N) is 4. The molecule has 1 N–H and O–H groups in total. The van der Waals surface area contributed by atoms with Crippen LogP contribution in [0.3, 0.4) is 0 Å². The molecule has 1 aromatic carbocycles. The Morgan fingerprint density at radius 2 is 2.07 bits per heavy atom. The Labute approximate surface area is 156 Å². The third-order valence-corrected chi connectivity index (χ3v) is 5.22. The number of piperidine rings is 1. The number of H-pyrrole nitrogens is 1. The Hall–Kier alpha value is -2.96. The smallest absolute Gasteiger partial charge is 0.275 e. The second-order valence-corrected chi connectivity index (χ2v) is 7.34. The summed E-state index contributed by atoms with van der Waals surface area (Å²) in [6.07, 6.45) is 3.94. The first-order valence-electron chi connectivity index (χ1n) is 9.35. The Morgan fingerprint density at radius 3 is 2.89 bits per heavy atom. The van der Waals surface area contributed by atoms with Crippen molar-refractivity contribution in [2.75, 3.05) is 18.0 Å². The fourth-order valence-electron chi connectivity index (χ4n) is 3.71.